The van der Waals surface area contributed by atoms with Crippen LogP contribution in [0.25, 0.3) is 28.1 Å². The van der Waals surface area contributed by atoms with Crippen molar-refractivity contribution in [2.75, 3.05) is 11.9 Å². The monoisotopic (exact) mass is 659 g/mol. The molecule has 0 bridgehead atoms. The first-order valence-corrected chi connectivity index (χ1v) is 14.5. The fourth-order valence-corrected chi connectivity index (χ4v) is 5.32. The lowest BCUT2D eigenvalue weighted by molar-refractivity contribution is -0.141. The van der Waals surface area contributed by atoms with E-state index >= 15 is 0 Å². The molecule has 0 fully saturated rings. The Morgan fingerprint density at radius 2 is 1.77 bits per heavy atom. The summed E-state index contributed by atoms with van der Waals surface area (Å²) in [6, 6.07) is 23.5. The molecule has 0 spiro atoms. The van der Waals surface area contributed by atoms with E-state index in [4.69, 9.17) is 16.6 Å². The number of nitrogens with one attached hydrogen (secondary N) is 1. The Morgan fingerprint density at radius 3 is 2.43 bits per heavy atom. The van der Waals surface area contributed by atoms with Crippen molar-refractivity contribution in [3.8, 4) is 28.1 Å². The summed E-state index contributed by atoms with van der Waals surface area (Å²) in [6.07, 6.45) is -1.25. The average Bonchev–Trinajstić information content (AvgIpc) is 3.75. The van der Waals surface area contributed by atoms with Crippen LogP contribution in [0.15, 0.2) is 108 Å². The van der Waals surface area contributed by atoms with Gasteiger partial charge in [-0.25, -0.2) is 14.5 Å². The second-order valence-corrected chi connectivity index (χ2v) is 11.1. The number of H-pyrrole nitrogens is 1. The van der Waals surface area contributed by atoms with Crippen LogP contribution >= 0.6 is 11.6 Å². The van der Waals surface area contributed by atoms with Crippen LogP contribution in [-0.4, -0.2) is 47.8 Å². The Bertz CT molecular complexity index is 2110. The summed E-state index contributed by atoms with van der Waals surface area (Å²) in [5.41, 5.74) is 2.31. The number of alkyl halides is 3. The lowest BCUT2D eigenvalue weighted by Crippen LogP contribution is -2.27. The second-order valence-electron chi connectivity index (χ2n) is 10.6. The first-order chi connectivity index (χ1) is 22.5. The predicted octanol–water partition coefficient (Wildman–Crippen LogP) is 7.10. The van der Waals surface area contributed by atoms with Crippen molar-refractivity contribution in [3.05, 3.63) is 136 Å². The van der Waals surface area contributed by atoms with Crippen molar-refractivity contribution in [1.82, 2.24) is 29.5 Å². The van der Waals surface area contributed by atoms with E-state index in [2.05, 4.69) is 15.3 Å². The van der Waals surface area contributed by atoms with Gasteiger partial charge in [0.1, 0.15) is 5.82 Å². The Labute approximate surface area is 270 Å². The molecule has 0 saturated heterocycles. The molecule has 6 rings (SSSR count). The number of amides is 1. The number of nitrogens with zero attached hydrogens (tertiary/aromatic N) is 6. The number of halogens is 4. The van der Waals surface area contributed by atoms with Gasteiger partial charge in [0.15, 0.2) is 5.69 Å². The summed E-state index contributed by atoms with van der Waals surface area (Å²) in [5.74, 6) is 0.510. The van der Waals surface area contributed by atoms with Gasteiger partial charge in [-0.1, -0.05) is 59.3 Å². The van der Waals surface area contributed by atoms with Crippen molar-refractivity contribution in [1.29, 1.82) is 0 Å². The smallest absolute Gasteiger partial charge is 0.436 e. The molecule has 0 saturated carbocycles. The zero-order valence-corrected chi connectivity index (χ0v) is 25.3. The third-order valence-corrected chi connectivity index (χ3v) is 7.84. The second kappa shape index (κ2) is 12.6. The molecule has 1 atom stereocenters. The van der Waals surface area contributed by atoms with Crippen molar-refractivity contribution in [2.45, 2.75) is 18.6 Å². The van der Waals surface area contributed by atoms with E-state index in [1.165, 1.54) is 29.8 Å². The van der Waals surface area contributed by atoms with E-state index < -0.39 is 24.0 Å². The van der Waals surface area contributed by atoms with Crippen molar-refractivity contribution < 1.29 is 23.1 Å². The standard InChI is InChI=1S/C33H25ClF3N7O3/c1-42(32(46)47)24-10-7-21(8-11-24)26-18-38-31(39-26)28(15-20-5-3-2-4-6-20)43-14-13-22(16-30(43)45)25-17-23(34)9-12-27(25)44-19-29(40-41-44)33(35,36)37/h2-14,16-19,28H,15H2,1H3,(H,38,39)(H,46,47)/t28-/m0/s1. The number of carbonyl (C=O) groups is 1. The number of hydrogen-bond donors (Lipinski definition) is 2. The minimum absolute atomic E-state index is 0.256. The highest BCUT2D eigenvalue weighted by atomic mass is 35.5. The zero-order chi connectivity index (χ0) is 33.3. The molecule has 1 amide bonds. The first kappa shape index (κ1) is 31.3. The van der Waals surface area contributed by atoms with Gasteiger partial charge in [-0.05, 0) is 47.5 Å². The van der Waals surface area contributed by atoms with Gasteiger partial charge in [0, 0.05) is 53.8 Å². The van der Waals surface area contributed by atoms with Gasteiger partial charge in [0.2, 0.25) is 0 Å². The zero-order valence-electron chi connectivity index (χ0n) is 24.6. The highest BCUT2D eigenvalue weighted by Gasteiger charge is 2.34. The largest absolute Gasteiger partial charge is 0.465 e. The molecule has 0 radical (unpaired) electrons. The number of imidazole rings is 1. The minimum Gasteiger partial charge on any atom is -0.465 e. The van der Waals surface area contributed by atoms with Crippen molar-refractivity contribution >= 4 is 23.4 Å². The van der Waals surface area contributed by atoms with E-state index in [0.29, 0.717) is 39.8 Å². The van der Waals surface area contributed by atoms with E-state index in [1.807, 2.05) is 30.3 Å². The fourth-order valence-electron chi connectivity index (χ4n) is 5.15. The Balaban J connectivity index is 1.37. The molecular weight excluding hydrogens is 635 g/mol. The van der Waals surface area contributed by atoms with Crippen LogP contribution < -0.4 is 10.5 Å². The molecule has 3 aromatic heterocycles. The quantitative estimate of drug-likeness (QED) is 0.180. The maximum Gasteiger partial charge on any atom is 0.436 e. The maximum atomic E-state index is 13.8. The molecule has 0 aliphatic carbocycles. The molecule has 3 heterocycles. The molecule has 3 aromatic carbocycles. The van der Waals surface area contributed by atoms with Gasteiger partial charge in [0.25, 0.3) is 5.56 Å². The Morgan fingerprint density at radius 1 is 1.02 bits per heavy atom. The molecule has 47 heavy (non-hydrogen) atoms. The highest BCUT2D eigenvalue weighted by molar-refractivity contribution is 6.31. The molecule has 14 heteroatoms. The van der Waals surface area contributed by atoms with Gasteiger partial charge in [-0.3, -0.25) is 9.69 Å². The highest BCUT2D eigenvalue weighted by Crippen LogP contribution is 2.32. The number of anilines is 1. The molecule has 2 N–H and O–H groups in total. The summed E-state index contributed by atoms with van der Waals surface area (Å²) in [4.78, 5) is 34.2. The van der Waals surface area contributed by atoms with E-state index in [-0.39, 0.29) is 11.2 Å². The molecule has 6 aromatic rings. The normalized spacial score (nSPS) is 12.2. The topological polar surface area (TPSA) is 122 Å². The molecule has 10 nitrogen and oxygen atoms in total. The average molecular weight is 660 g/mol. The van der Waals surface area contributed by atoms with Crippen LogP contribution in [0.4, 0.5) is 23.7 Å². The van der Waals surface area contributed by atoms with Crippen LogP contribution in [0.3, 0.4) is 0 Å². The summed E-state index contributed by atoms with van der Waals surface area (Å²) in [5, 5.41) is 16.5. The van der Waals surface area contributed by atoms with Crippen LogP contribution in [0.5, 0.6) is 0 Å². The Hall–Kier alpha value is -5.69. The molecule has 0 aliphatic heterocycles. The summed E-state index contributed by atoms with van der Waals surface area (Å²) in [6.45, 7) is 0. The number of hydrogen-bond acceptors (Lipinski definition) is 5. The number of aromatic amines is 1. The molecule has 0 unspecified atom stereocenters. The molecular formula is C33H25ClF3N7O3. The fraction of sp³-hybridized carbons (Fsp3) is 0.121. The van der Waals surface area contributed by atoms with Crippen molar-refractivity contribution in [2.24, 2.45) is 0 Å². The predicted molar refractivity (Wildman–Crippen MR) is 170 cm³/mol. The van der Waals surface area contributed by atoms with Crippen molar-refractivity contribution in [3.63, 3.8) is 0 Å². The maximum absolute atomic E-state index is 13.8. The summed E-state index contributed by atoms with van der Waals surface area (Å²) < 4.78 is 42.2. The summed E-state index contributed by atoms with van der Waals surface area (Å²) >= 11 is 6.27. The van der Waals surface area contributed by atoms with Crippen LogP contribution in [0, 0.1) is 0 Å². The summed E-state index contributed by atoms with van der Waals surface area (Å²) in [7, 11) is 1.45. The van der Waals surface area contributed by atoms with Gasteiger partial charge >= 0.3 is 12.3 Å². The number of carboxylic acid groups (broad SMARTS) is 1. The minimum atomic E-state index is -4.68. The third-order valence-electron chi connectivity index (χ3n) is 7.61. The van der Waals surface area contributed by atoms with Gasteiger partial charge in [-0.2, -0.15) is 13.2 Å². The van der Waals surface area contributed by atoms with Gasteiger partial charge in [0.05, 0.1) is 23.6 Å². The number of rotatable bonds is 8. The van der Waals surface area contributed by atoms with E-state index in [0.717, 1.165) is 26.9 Å². The van der Waals surface area contributed by atoms with Crippen LogP contribution in [0.2, 0.25) is 5.02 Å². The van der Waals surface area contributed by atoms with Gasteiger partial charge in [-0.15, -0.1) is 5.10 Å². The Kier molecular flexibility index (Phi) is 8.39. The lowest BCUT2D eigenvalue weighted by atomic mass is 10.0. The van der Waals surface area contributed by atoms with E-state index in [1.54, 1.807) is 48.8 Å². The number of benzene rings is 3. The SMILES string of the molecule is CN(C(=O)O)c1ccc(-c2c[nH]c([C@H](Cc3ccccc3)n3ccc(-c4cc(Cl)ccc4-n4cc(C(F)(F)F)nn4)cc3=O)n2)cc1. The molecule has 238 valence electrons. The number of aromatic nitrogens is 6. The lowest BCUT2D eigenvalue weighted by Gasteiger charge is -2.19. The first-order valence-electron chi connectivity index (χ1n) is 14.2. The van der Waals surface area contributed by atoms with E-state index in [9.17, 15) is 27.9 Å². The van der Waals surface area contributed by atoms with Crippen LogP contribution in [-0.2, 0) is 12.6 Å². The molecule has 0 aliphatic rings. The third kappa shape index (κ3) is 6.65. The van der Waals surface area contributed by atoms with Gasteiger partial charge < -0.3 is 14.7 Å². The van der Waals surface area contributed by atoms with Crippen LogP contribution in [0.1, 0.15) is 23.1 Å². The number of pyridine rings is 1.